The molecule has 0 saturated carbocycles. The van der Waals surface area contributed by atoms with Crippen molar-refractivity contribution in [2.75, 3.05) is 19.7 Å². The third-order valence-corrected chi connectivity index (χ3v) is 2.33. The second-order valence-electron chi connectivity index (χ2n) is 3.33. The van der Waals surface area contributed by atoms with E-state index in [1.807, 2.05) is 0 Å². The van der Waals surface area contributed by atoms with E-state index in [2.05, 4.69) is 4.90 Å². The van der Waals surface area contributed by atoms with Crippen LogP contribution in [0.25, 0.3) is 0 Å². The molecule has 0 aromatic carbocycles. The predicted octanol–water partition coefficient (Wildman–Crippen LogP) is -0.231. The standard InChI is InChI=1S/C8H17N3O/c9-8(10)5-11-4-2-1-3-7(11)6-12/h7,12H,1-6H2,(H3,9,10). The van der Waals surface area contributed by atoms with Gasteiger partial charge in [-0.25, -0.2) is 0 Å². The van der Waals surface area contributed by atoms with E-state index in [-0.39, 0.29) is 18.5 Å². The number of nitrogens with two attached hydrogens (primary N) is 1. The van der Waals surface area contributed by atoms with Gasteiger partial charge >= 0.3 is 0 Å². The molecule has 1 unspecified atom stereocenters. The molecular weight excluding hydrogens is 154 g/mol. The average Bonchev–Trinajstić information content (AvgIpc) is 2.04. The normalized spacial score (nSPS) is 25.6. The van der Waals surface area contributed by atoms with Crippen LogP contribution < -0.4 is 5.73 Å². The number of aliphatic hydroxyl groups is 1. The number of rotatable bonds is 3. The molecule has 1 aliphatic heterocycles. The predicted molar refractivity (Wildman–Crippen MR) is 48.2 cm³/mol. The number of hydrogen-bond acceptors (Lipinski definition) is 3. The highest BCUT2D eigenvalue weighted by atomic mass is 16.3. The molecule has 0 bridgehead atoms. The monoisotopic (exact) mass is 171 g/mol. The van der Waals surface area contributed by atoms with Gasteiger partial charge in [-0.3, -0.25) is 10.3 Å². The summed E-state index contributed by atoms with van der Waals surface area (Å²) in [5.41, 5.74) is 5.30. The SMILES string of the molecule is N=C(N)CN1CCCCC1CO. The molecule has 0 aromatic rings. The number of hydrogen-bond donors (Lipinski definition) is 3. The number of amidine groups is 1. The van der Waals surface area contributed by atoms with Gasteiger partial charge in [-0.1, -0.05) is 6.42 Å². The Kier molecular flexibility index (Phi) is 3.49. The molecule has 0 amide bonds. The van der Waals surface area contributed by atoms with Gasteiger partial charge in [0, 0.05) is 6.04 Å². The Hall–Kier alpha value is -0.610. The lowest BCUT2D eigenvalue weighted by atomic mass is 10.0. The molecule has 1 aliphatic rings. The van der Waals surface area contributed by atoms with Crippen molar-refractivity contribution in [1.29, 1.82) is 5.41 Å². The highest BCUT2D eigenvalue weighted by Gasteiger charge is 2.21. The zero-order valence-electron chi connectivity index (χ0n) is 7.29. The number of nitrogens with zero attached hydrogens (tertiary/aromatic N) is 1. The number of piperidine rings is 1. The van der Waals surface area contributed by atoms with Crippen LogP contribution in [0.1, 0.15) is 19.3 Å². The van der Waals surface area contributed by atoms with Crippen LogP contribution in [0.3, 0.4) is 0 Å². The third kappa shape index (κ3) is 2.46. The van der Waals surface area contributed by atoms with Gasteiger partial charge in [-0.15, -0.1) is 0 Å². The molecule has 12 heavy (non-hydrogen) atoms. The van der Waals surface area contributed by atoms with Crippen LogP contribution in [-0.2, 0) is 0 Å². The van der Waals surface area contributed by atoms with Crippen molar-refractivity contribution in [3.63, 3.8) is 0 Å². The molecule has 4 N–H and O–H groups in total. The fraction of sp³-hybridized carbons (Fsp3) is 0.875. The van der Waals surface area contributed by atoms with Gasteiger partial charge in [0.05, 0.1) is 13.2 Å². The Labute approximate surface area is 72.9 Å². The fourth-order valence-electron chi connectivity index (χ4n) is 1.69. The van der Waals surface area contributed by atoms with Crippen molar-refractivity contribution >= 4 is 5.84 Å². The molecule has 1 fully saturated rings. The summed E-state index contributed by atoms with van der Waals surface area (Å²) < 4.78 is 0. The van der Waals surface area contributed by atoms with E-state index in [4.69, 9.17) is 16.2 Å². The van der Waals surface area contributed by atoms with Crippen LogP contribution in [0, 0.1) is 5.41 Å². The van der Waals surface area contributed by atoms with Crippen LogP contribution in [0.4, 0.5) is 0 Å². The van der Waals surface area contributed by atoms with Gasteiger partial charge in [-0.05, 0) is 19.4 Å². The van der Waals surface area contributed by atoms with E-state index in [1.54, 1.807) is 0 Å². The maximum absolute atomic E-state index is 9.02. The van der Waals surface area contributed by atoms with Gasteiger partial charge < -0.3 is 10.8 Å². The smallest absolute Gasteiger partial charge is 0.105 e. The lowest BCUT2D eigenvalue weighted by Crippen LogP contribution is -2.45. The Morgan fingerprint density at radius 2 is 2.33 bits per heavy atom. The Bertz CT molecular complexity index is 160. The molecule has 0 radical (unpaired) electrons. The second kappa shape index (κ2) is 4.42. The van der Waals surface area contributed by atoms with Gasteiger partial charge in [0.1, 0.15) is 5.84 Å². The van der Waals surface area contributed by atoms with Crippen LogP contribution in [-0.4, -0.2) is 41.6 Å². The van der Waals surface area contributed by atoms with Gasteiger partial charge in [-0.2, -0.15) is 0 Å². The number of likely N-dealkylation sites (tertiary alicyclic amines) is 1. The lowest BCUT2D eigenvalue weighted by molar-refractivity contribution is 0.104. The lowest BCUT2D eigenvalue weighted by Gasteiger charge is -2.33. The third-order valence-electron chi connectivity index (χ3n) is 2.33. The Morgan fingerprint density at radius 3 is 2.92 bits per heavy atom. The van der Waals surface area contributed by atoms with E-state index >= 15 is 0 Å². The van der Waals surface area contributed by atoms with Crippen molar-refractivity contribution < 1.29 is 5.11 Å². The maximum atomic E-state index is 9.02. The quantitative estimate of drug-likeness (QED) is 0.405. The minimum atomic E-state index is 0.188. The summed E-state index contributed by atoms with van der Waals surface area (Å²) in [7, 11) is 0. The molecule has 4 nitrogen and oxygen atoms in total. The number of aliphatic hydroxyl groups excluding tert-OH is 1. The maximum Gasteiger partial charge on any atom is 0.105 e. The molecule has 70 valence electrons. The summed E-state index contributed by atoms with van der Waals surface area (Å²) >= 11 is 0. The molecular formula is C8H17N3O. The largest absolute Gasteiger partial charge is 0.395 e. The fourth-order valence-corrected chi connectivity index (χ4v) is 1.69. The topological polar surface area (TPSA) is 73.3 Å². The molecule has 1 saturated heterocycles. The number of nitrogens with one attached hydrogen (secondary N) is 1. The van der Waals surface area contributed by atoms with Crippen molar-refractivity contribution in [3.05, 3.63) is 0 Å². The summed E-state index contributed by atoms with van der Waals surface area (Å²) in [6.45, 7) is 1.66. The summed E-state index contributed by atoms with van der Waals surface area (Å²) in [4.78, 5) is 2.09. The highest BCUT2D eigenvalue weighted by molar-refractivity contribution is 5.78. The molecule has 1 atom stereocenters. The summed E-state index contributed by atoms with van der Waals surface area (Å²) in [6, 6.07) is 0.225. The molecule has 0 aromatic heterocycles. The van der Waals surface area contributed by atoms with Crippen molar-refractivity contribution in [1.82, 2.24) is 4.90 Å². The van der Waals surface area contributed by atoms with Crippen LogP contribution in [0.2, 0.25) is 0 Å². The molecule has 1 rings (SSSR count). The van der Waals surface area contributed by atoms with Gasteiger partial charge in [0.2, 0.25) is 0 Å². The first-order valence-corrected chi connectivity index (χ1v) is 4.42. The van der Waals surface area contributed by atoms with E-state index in [1.165, 1.54) is 6.42 Å². The minimum Gasteiger partial charge on any atom is -0.395 e. The first-order chi connectivity index (χ1) is 5.74. The summed E-state index contributed by atoms with van der Waals surface area (Å²) in [6.07, 6.45) is 3.37. The first kappa shape index (κ1) is 9.48. The molecule has 0 spiro atoms. The zero-order valence-corrected chi connectivity index (χ0v) is 7.29. The summed E-state index contributed by atoms with van der Waals surface area (Å²) in [5, 5.41) is 16.2. The first-order valence-electron chi connectivity index (χ1n) is 4.42. The molecule has 1 heterocycles. The van der Waals surface area contributed by atoms with Gasteiger partial charge in [0.25, 0.3) is 0 Å². The van der Waals surface area contributed by atoms with Crippen molar-refractivity contribution in [2.45, 2.75) is 25.3 Å². The Balaban J connectivity index is 2.41. The second-order valence-corrected chi connectivity index (χ2v) is 3.33. The van der Waals surface area contributed by atoms with Crippen LogP contribution in [0.5, 0.6) is 0 Å². The van der Waals surface area contributed by atoms with Crippen molar-refractivity contribution in [3.8, 4) is 0 Å². The van der Waals surface area contributed by atoms with Crippen LogP contribution >= 0.6 is 0 Å². The molecule has 0 aliphatic carbocycles. The highest BCUT2D eigenvalue weighted by Crippen LogP contribution is 2.15. The van der Waals surface area contributed by atoms with E-state index in [0.717, 1.165) is 19.4 Å². The minimum absolute atomic E-state index is 0.188. The van der Waals surface area contributed by atoms with E-state index in [9.17, 15) is 0 Å². The Morgan fingerprint density at radius 1 is 1.58 bits per heavy atom. The van der Waals surface area contributed by atoms with Gasteiger partial charge in [0.15, 0.2) is 0 Å². The zero-order chi connectivity index (χ0) is 8.97. The van der Waals surface area contributed by atoms with Crippen LogP contribution in [0.15, 0.2) is 0 Å². The van der Waals surface area contributed by atoms with Crippen molar-refractivity contribution in [2.24, 2.45) is 5.73 Å². The molecule has 4 heteroatoms. The summed E-state index contributed by atoms with van der Waals surface area (Å²) in [5.74, 6) is 0.190. The van der Waals surface area contributed by atoms with E-state index in [0.29, 0.717) is 6.54 Å². The average molecular weight is 171 g/mol. The van der Waals surface area contributed by atoms with E-state index < -0.39 is 0 Å².